The maximum Gasteiger partial charge on any atom is 0.0966 e. The quantitative estimate of drug-likeness (QED) is 0.482. The number of benzene rings is 2. The van der Waals surface area contributed by atoms with E-state index in [4.69, 9.17) is 0 Å². The van der Waals surface area contributed by atoms with Gasteiger partial charge in [-0.05, 0) is 55.8 Å². The Labute approximate surface area is 158 Å². The number of allylic oxidation sites excluding steroid dienone is 1. The first kappa shape index (κ1) is 16.9. The van der Waals surface area contributed by atoms with Gasteiger partial charge in [-0.3, -0.25) is 0 Å². The van der Waals surface area contributed by atoms with Crippen molar-refractivity contribution < 1.29 is 0 Å². The van der Waals surface area contributed by atoms with Crippen molar-refractivity contribution in [2.45, 2.75) is 20.4 Å². The summed E-state index contributed by atoms with van der Waals surface area (Å²) >= 11 is 0. The number of imidazole rings is 1. The number of nitrogens with zero attached hydrogens (tertiary/aromatic N) is 4. The summed E-state index contributed by atoms with van der Waals surface area (Å²) in [7, 11) is 0. The minimum absolute atomic E-state index is 0.506. The van der Waals surface area contributed by atoms with Gasteiger partial charge in [0.1, 0.15) is 0 Å². The molecule has 0 spiro atoms. The summed E-state index contributed by atoms with van der Waals surface area (Å²) in [5.74, 6) is 0. The van der Waals surface area contributed by atoms with Gasteiger partial charge in [-0.2, -0.15) is 5.26 Å². The number of aryl methyl sites for hydroxylation is 1. The normalized spacial score (nSPS) is 11.7. The van der Waals surface area contributed by atoms with Crippen molar-refractivity contribution in [3.05, 3.63) is 89.5 Å². The minimum Gasteiger partial charge on any atom is -0.325 e. The molecule has 0 radical (unpaired) electrons. The topological polar surface area (TPSA) is 46.5 Å². The van der Waals surface area contributed by atoms with E-state index in [9.17, 15) is 5.26 Å². The smallest absolute Gasteiger partial charge is 0.0966 e. The third-order valence-corrected chi connectivity index (χ3v) is 4.83. The molecule has 0 unspecified atom stereocenters. The highest BCUT2D eigenvalue weighted by molar-refractivity contribution is 5.75. The molecule has 0 atom stereocenters. The van der Waals surface area contributed by atoms with Gasteiger partial charge in [0.15, 0.2) is 0 Å². The maximum atomic E-state index is 9.68. The molecule has 0 fully saturated rings. The van der Waals surface area contributed by atoms with Crippen LogP contribution in [0.2, 0.25) is 0 Å². The first-order valence-corrected chi connectivity index (χ1v) is 8.92. The Bertz CT molecular complexity index is 1170. The number of hydrogen-bond donors (Lipinski definition) is 0. The SMILES string of the molecule is Cc1cc(/C=C(/C#N)Cn2cnc3ccccc32)c(C)n1-c1ccccc1. The van der Waals surface area contributed by atoms with Crippen LogP contribution in [0.1, 0.15) is 17.0 Å². The number of nitriles is 1. The number of fused-ring (bicyclic) bond motifs is 1. The Morgan fingerprint density at radius 2 is 1.81 bits per heavy atom. The first-order chi connectivity index (χ1) is 13.2. The summed E-state index contributed by atoms with van der Waals surface area (Å²) in [6, 6.07) is 22.7. The molecule has 0 aliphatic rings. The van der Waals surface area contributed by atoms with Crippen molar-refractivity contribution in [1.82, 2.24) is 14.1 Å². The van der Waals surface area contributed by atoms with Crippen LogP contribution >= 0.6 is 0 Å². The zero-order valence-corrected chi connectivity index (χ0v) is 15.4. The second-order valence-electron chi connectivity index (χ2n) is 6.64. The number of hydrogen-bond acceptors (Lipinski definition) is 2. The van der Waals surface area contributed by atoms with E-state index in [1.165, 1.54) is 0 Å². The highest BCUT2D eigenvalue weighted by atomic mass is 15.0. The van der Waals surface area contributed by atoms with Gasteiger partial charge < -0.3 is 9.13 Å². The van der Waals surface area contributed by atoms with Crippen LogP contribution < -0.4 is 0 Å². The predicted molar refractivity (Wildman–Crippen MR) is 109 cm³/mol. The summed E-state index contributed by atoms with van der Waals surface area (Å²) in [4.78, 5) is 4.41. The van der Waals surface area contributed by atoms with Gasteiger partial charge in [-0.25, -0.2) is 4.98 Å². The standard InChI is InChI=1S/C23H20N4/c1-17-12-20(18(2)27(17)21-8-4-3-5-9-21)13-19(14-24)15-26-16-25-22-10-6-7-11-23(22)26/h3-13,16H,15H2,1-2H3/b19-13-. The number of para-hydroxylation sites is 3. The second kappa shape index (κ2) is 6.97. The van der Waals surface area contributed by atoms with Gasteiger partial charge in [0.2, 0.25) is 0 Å². The van der Waals surface area contributed by atoms with Crippen LogP contribution in [0, 0.1) is 25.2 Å². The van der Waals surface area contributed by atoms with Gasteiger partial charge in [-0.1, -0.05) is 30.3 Å². The third kappa shape index (κ3) is 3.16. The molecule has 0 amide bonds. The molecule has 4 aromatic rings. The van der Waals surface area contributed by atoms with Crippen LogP contribution in [0.15, 0.2) is 72.6 Å². The molecule has 132 valence electrons. The molecular weight excluding hydrogens is 332 g/mol. The highest BCUT2D eigenvalue weighted by Crippen LogP contribution is 2.23. The average Bonchev–Trinajstić information content (AvgIpc) is 3.22. The van der Waals surface area contributed by atoms with Gasteiger partial charge >= 0.3 is 0 Å². The monoisotopic (exact) mass is 352 g/mol. The molecule has 0 saturated carbocycles. The molecule has 2 aromatic heterocycles. The van der Waals surface area contributed by atoms with Crippen molar-refractivity contribution in [2.75, 3.05) is 0 Å². The predicted octanol–water partition coefficient (Wildman–Crippen LogP) is 5.05. The van der Waals surface area contributed by atoms with E-state index in [-0.39, 0.29) is 0 Å². The molecule has 2 aromatic carbocycles. The summed E-state index contributed by atoms with van der Waals surface area (Å²) in [6.07, 6.45) is 3.78. The lowest BCUT2D eigenvalue weighted by atomic mass is 10.1. The van der Waals surface area contributed by atoms with Crippen LogP contribution in [0.3, 0.4) is 0 Å². The fraction of sp³-hybridized carbons (Fsp3) is 0.130. The summed E-state index contributed by atoms with van der Waals surface area (Å²) in [5, 5.41) is 9.68. The molecule has 0 saturated heterocycles. The van der Waals surface area contributed by atoms with Gasteiger partial charge in [0.05, 0.1) is 30.0 Å². The van der Waals surface area contributed by atoms with Crippen molar-refractivity contribution in [3.8, 4) is 11.8 Å². The molecule has 0 aliphatic carbocycles. The summed E-state index contributed by atoms with van der Waals surface area (Å²) in [5.41, 5.74) is 7.15. The summed E-state index contributed by atoms with van der Waals surface area (Å²) < 4.78 is 4.23. The third-order valence-electron chi connectivity index (χ3n) is 4.83. The van der Waals surface area contributed by atoms with E-state index in [1.807, 2.05) is 53.1 Å². The zero-order valence-electron chi connectivity index (χ0n) is 15.4. The van der Waals surface area contributed by atoms with Crippen LogP contribution in [-0.2, 0) is 6.54 Å². The lowest BCUT2D eigenvalue weighted by Crippen LogP contribution is -2.00. The molecule has 4 rings (SSSR count). The van der Waals surface area contributed by atoms with Crippen LogP contribution in [0.5, 0.6) is 0 Å². The largest absolute Gasteiger partial charge is 0.325 e. The second-order valence-corrected chi connectivity index (χ2v) is 6.64. The lowest BCUT2D eigenvalue weighted by Gasteiger charge is -2.09. The Kier molecular flexibility index (Phi) is 4.35. The summed E-state index contributed by atoms with van der Waals surface area (Å²) in [6.45, 7) is 4.69. The highest BCUT2D eigenvalue weighted by Gasteiger charge is 2.11. The Hall–Kier alpha value is -3.58. The van der Waals surface area contributed by atoms with E-state index >= 15 is 0 Å². The Balaban J connectivity index is 1.71. The van der Waals surface area contributed by atoms with Crippen LogP contribution in [0.4, 0.5) is 0 Å². The minimum atomic E-state index is 0.506. The van der Waals surface area contributed by atoms with Gasteiger partial charge in [0.25, 0.3) is 0 Å². The van der Waals surface area contributed by atoms with Crippen molar-refractivity contribution >= 4 is 17.1 Å². The lowest BCUT2D eigenvalue weighted by molar-refractivity contribution is 0.830. The molecule has 4 heteroatoms. The molecule has 2 heterocycles. The maximum absolute atomic E-state index is 9.68. The Morgan fingerprint density at radius 3 is 2.59 bits per heavy atom. The van der Waals surface area contributed by atoms with E-state index in [0.29, 0.717) is 12.1 Å². The first-order valence-electron chi connectivity index (χ1n) is 8.92. The van der Waals surface area contributed by atoms with Crippen molar-refractivity contribution in [2.24, 2.45) is 0 Å². The van der Waals surface area contributed by atoms with E-state index in [1.54, 1.807) is 6.33 Å². The van der Waals surface area contributed by atoms with Crippen molar-refractivity contribution in [3.63, 3.8) is 0 Å². The molecule has 4 nitrogen and oxygen atoms in total. The fourth-order valence-electron chi connectivity index (χ4n) is 3.53. The van der Waals surface area contributed by atoms with Crippen LogP contribution in [0.25, 0.3) is 22.8 Å². The number of rotatable bonds is 4. The van der Waals surface area contributed by atoms with E-state index < -0.39 is 0 Å². The Morgan fingerprint density at radius 1 is 1.07 bits per heavy atom. The molecule has 0 bridgehead atoms. The van der Waals surface area contributed by atoms with E-state index in [0.717, 1.165) is 33.7 Å². The molecular formula is C23H20N4. The zero-order chi connectivity index (χ0) is 18.8. The van der Waals surface area contributed by atoms with Crippen molar-refractivity contribution in [1.29, 1.82) is 5.26 Å². The molecule has 27 heavy (non-hydrogen) atoms. The van der Waals surface area contributed by atoms with Crippen LogP contribution in [-0.4, -0.2) is 14.1 Å². The molecule has 0 N–H and O–H groups in total. The number of aromatic nitrogens is 3. The fourth-order valence-corrected chi connectivity index (χ4v) is 3.53. The average molecular weight is 352 g/mol. The van der Waals surface area contributed by atoms with Gasteiger partial charge in [0, 0.05) is 22.6 Å². The van der Waals surface area contributed by atoms with Gasteiger partial charge in [-0.15, -0.1) is 0 Å². The van der Waals surface area contributed by atoms with E-state index in [2.05, 4.69) is 47.7 Å². The molecule has 0 aliphatic heterocycles.